The van der Waals surface area contributed by atoms with Crippen molar-refractivity contribution in [1.29, 1.82) is 0 Å². The third kappa shape index (κ3) is 4.82. The van der Waals surface area contributed by atoms with E-state index in [4.69, 9.17) is 5.11 Å². The molecule has 0 radical (unpaired) electrons. The first-order valence-electron chi connectivity index (χ1n) is 7.02. The van der Waals surface area contributed by atoms with Crippen LogP contribution in [0, 0.1) is 0 Å². The van der Waals surface area contributed by atoms with Crippen LogP contribution in [0.5, 0.6) is 0 Å². The molecule has 0 amide bonds. The molecule has 6 nitrogen and oxygen atoms in total. The van der Waals surface area contributed by atoms with Crippen LogP contribution in [0.1, 0.15) is 26.0 Å². The Bertz CT molecular complexity index is 588. The lowest BCUT2D eigenvalue weighted by atomic mass is 10.2. The molecule has 1 unspecified atom stereocenters. The number of hydrogen-bond acceptors (Lipinski definition) is 4. The number of carboxylic acids is 1. The molecule has 22 heavy (non-hydrogen) atoms. The predicted octanol–water partition coefficient (Wildman–Crippen LogP) is 2.37. The first-order valence-corrected chi connectivity index (χ1v) is 7.02. The highest BCUT2D eigenvalue weighted by atomic mass is 35.5. The number of nitrogens with zero attached hydrogens (tertiary/aromatic N) is 4. The van der Waals surface area contributed by atoms with Gasteiger partial charge in [0.2, 0.25) is 0 Å². The predicted molar refractivity (Wildman–Crippen MR) is 86.4 cm³/mol. The fourth-order valence-corrected chi connectivity index (χ4v) is 2.09. The van der Waals surface area contributed by atoms with E-state index < -0.39 is 5.97 Å². The second-order valence-corrected chi connectivity index (χ2v) is 5.05. The summed E-state index contributed by atoms with van der Waals surface area (Å²) in [5, 5.41) is 17.2. The van der Waals surface area contributed by atoms with Crippen LogP contribution in [0.3, 0.4) is 0 Å². The van der Waals surface area contributed by atoms with Crippen LogP contribution in [0.2, 0.25) is 0 Å². The summed E-state index contributed by atoms with van der Waals surface area (Å²) in [5.41, 5.74) is 1.70. The summed E-state index contributed by atoms with van der Waals surface area (Å²) in [7, 11) is 0. The number of hydrogen-bond donors (Lipinski definition) is 1. The molecular weight excluding hydrogens is 304 g/mol. The quantitative estimate of drug-likeness (QED) is 0.846. The van der Waals surface area contributed by atoms with Crippen LogP contribution >= 0.6 is 12.4 Å². The van der Waals surface area contributed by atoms with E-state index in [-0.39, 0.29) is 25.0 Å². The van der Waals surface area contributed by atoms with Crippen molar-refractivity contribution in [2.75, 3.05) is 6.54 Å². The molecule has 0 saturated heterocycles. The van der Waals surface area contributed by atoms with Crippen LogP contribution in [0.4, 0.5) is 0 Å². The summed E-state index contributed by atoms with van der Waals surface area (Å²) in [6.45, 7) is 4.55. The maximum absolute atomic E-state index is 11.0. The lowest BCUT2D eigenvalue weighted by molar-refractivity contribution is -0.139. The summed E-state index contributed by atoms with van der Waals surface area (Å²) in [6.07, 6.45) is 2.73. The minimum Gasteiger partial charge on any atom is -0.480 e. The van der Waals surface area contributed by atoms with Gasteiger partial charge < -0.3 is 5.11 Å². The molecule has 0 aliphatic heterocycles. The molecule has 1 atom stereocenters. The third-order valence-electron chi connectivity index (χ3n) is 3.48. The van der Waals surface area contributed by atoms with Gasteiger partial charge in [-0.15, -0.1) is 17.5 Å². The van der Waals surface area contributed by atoms with Crippen molar-refractivity contribution in [2.24, 2.45) is 0 Å². The van der Waals surface area contributed by atoms with E-state index in [2.05, 4.69) is 10.3 Å². The van der Waals surface area contributed by atoms with Crippen molar-refractivity contribution in [3.8, 4) is 5.69 Å². The molecule has 0 aliphatic rings. The van der Waals surface area contributed by atoms with Gasteiger partial charge >= 0.3 is 5.97 Å². The average Bonchev–Trinajstić information content (AvgIpc) is 2.95. The topological polar surface area (TPSA) is 71.2 Å². The van der Waals surface area contributed by atoms with Crippen LogP contribution in [0.25, 0.3) is 5.69 Å². The molecule has 0 bridgehead atoms. The highest BCUT2D eigenvalue weighted by molar-refractivity contribution is 5.85. The normalized spacial score (nSPS) is 12.0. The van der Waals surface area contributed by atoms with Gasteiger partial charge in [-0.1, -0.05) is 30.3 Å². The Balaban J connectivity index is 0.00000242. The first kappa shape index (κ1) is 18.1. The smallest absolute Gasteiger partial charge is 0.317 e. The average molecular weight is 325 g/mol. The number of benzene rings is 1. The molecule has 1 heterocycles. The molecule has 7 heteroatoms. The summed E-state index contributed by atoms with van der Waals surface area (Å²) < 4.78 is 1.70. The molecule has 0 saturated carbocycles. The number of para-hydroxylation sites is 1. The van der Waals surface area contributed by atoms with Crippen LogP contribution in [-0.4, -0.2) is 43.6 Å². The van der Waals surface area contributed by atoms with E-state index in [0.29, 0.717) is 6.54 Å². The SMILES string of the molecule is CCC(C)N(CC(=O)O)Cc1cn(-c2ccccc2)nn1.Cl. The van der Waals surface area contributed by atoms with E-state index in [1.165, 1.54) is 0 Å². The van der Waals surface area contributed by atoms with Crippen LogP contribution < -0.4 is 0 Å². The minimum absolute atomic E-state index is 0. The van der Waals surface area contributed by atoms with Gasteiger partial charge in [-0.05, 0) is 25.5 Å². The third-order valence-corrected chi connectivity index (χ3v) is 3.48. The van der Waals surface area contributed by atoms with Crippen LogP contribution in [0.15, 0.2) is 36.5 Å². The molecule has 1 N–H and O–H groups in total. The lowest BCUT2D eigenvalue weighted by Crippen LogP contribution is -2.36. The van der Waals surface area contributed by atoms with Gasteiger partial charge in [-0.3, -0.25) is 9.69 Å². The van der Waals surface area contributed by atoms with Crippen molar-refractivity contribution in [3.05, 3.63) is 42.2 Å². The molecule has 120 valence electrons. The summed E-state index contributed by atoms with van der Waals surface area (Å²) in [6, 6.07) is 9.89. The molecule has 1 aromatic carbocycles. The van der Waals surface area contributed by atoms with E-state index >= 15 is 0 Å². The number of carbonyl (C=O) groups is 1. The summed E-state index contributed by atoms with van der Waals surface area (Å²) >= 11 is 0. The van der Waals surface area contributed by atoms with Gasteiger partial charge in [0, 0.05) is 12.6 Å². The Morgan fingerprint density at radius 1 is 1.36 bits per heavy atom. The van der Waals surface area contributed by atoms with Gasteiger partial charge in [0.25, 0.3) is 0 Å². The van der Waals surface area contributed by atoms with Crippen molar-refractivity contribution in [2.45, 2.75) is 32.9 Å². The second-order valence-electron chi connectivity index (χ2n) is 5.05. The van der Waals surface area contributed by atoms with Gasteiger partial charge in [0.1, 0.15) is 0 Å². The van der Waals surface area contributed by atoms with Gasteiger partial charge in [0.05, 0.1) is 24.1 Å². The Labute approximate surface area is 136 Å². The molecular formula is C15H21ClN4O2. The molecule has 0 aliphatic carbocycles. The maximum Gasteiger partial charge on any atom is 0.317 e. The number of halogens is 1. The van der Waals surface area contributed by atoms with E-state index in [9.17, 15) is 4.79 Å². The summed E-state index contributed by atoms with van der Waals surface area (Å²) in [4.78, 5) is 12.9. The van der Waals surface area contributed by atoms with E-state index in [0.717, 1.165) is 17.8 Å². The zero-order valence-corrected chi connectivity index (χ0v) is 13.5. The van der Waals surface area contributed by atoms with E-state index in [1.54, 1.807) is 4.68 Å². The molecule has 0 spiro atoms. The standard InChI is InChI=1S/C15H20N4O2.ClH/c1-3-12(2)18(11-15(20)21)9-13-10-19(17-16-13)14-7-5-4-6-8-14;/h4-8,10,12H,3,9,11H2,1-2H3,(H,20,21);1H. The number of rotatable bonds is 7. The fourth-order valence-electron chi connectivity index (χ4n) is 2.09. The van der Waals surface area contributed by atoms with E-state index in [1.807, 2.05) is 55.3 Å². The Hall–Kier alpha value is -1.92. The Morgan fingerprint density at radius 3 is 2.64 bits per heavy atom. The molecule has 2 rings (SSSR count). The second kappa shape index (κ2) is 8.51. The van der Waals surface area contributed by atoms with Crippen LogP contribution in [-0.2, 0) is 11.3 Å². The minimum atomic E-state index is -0.828. The highest BCUT2D eigenvalue weighted by Gasteiger charge is 2.17. The zero-order valence-electron chi connectivity index (χ0n) is 12.7. The monoisotopic (exact) mass is 324 g/mol. The summed E-state index contributed by atoms with van der Waals surface area (Å²) in [5.74, 6) is -0.828. The Kier molecular flexibility index (Phi) is 7.01. The number of aromatic nitrogens is 3. The molecule has 1 aromatic heterocycles. The van der Waals surface area contributed by atoms with Crippen molar-refractivity contribution in [3.63, 3.8) is 0 Å². The fraction of sp³-hybridized carbons (Fsp3) is 0.400. The molecule has 2 aromatic rings. The van der Waals surface area contributed by atoms with Crippen molar-refractivity contribution in [1.82, 2.24) is 19.9 Å². The largest absolute Gasteiger partial charge is 0.480 e. The van der Waals surface area contributed by atoms with Gasteiger partial charge in [-0.25, -0.2) is 4.68 Å². The zero-order chi connectivity index (χ0) is 15.2. The van der Waals surface area contributed by atoms with Crippen molar-refractivity contribution >= 4 is 18.4 Å². The Morgan fingerprint density at radius 2 is 2.05 bits per heavy atom. The highest BCUT2D eigenvalue weighted by Crippen LogP contribution is 2.11. The lowest BCUT2D eigenvalue weighted by Gasteiger charge is -2.25. The van der Waals surface area contributed by atoms with Crippen molar-refractivity contribution < 1.29 is 9.90 Å². The molecule has 0 fully saturated rings. The first-order chi connectivity index (χ1) is 10.1. The van der Waals surface area contributed by atoms with Gasteiger partial charge in [-0.2, -0.15) is 0 Å². The maximum atomic E-state index is 11.0. The number of carboxylic acid groups (broad SMARTS) is 1. The van der Waals surface area contributed by atoms with Gasteiger partial charge in [0.15, 0.2) is 0 Å². The number of aliphatic carboxylic acids is 1.